The van der Waals surface area contributed by atoms with E-state index in [1.165, 1.54) is 6.07 Å². The lowest BCUT2D eigenvalue weighted by molar-refractivity contribution is -0.388. The lowest BCUT2D eigenvalue weighted by Crippen LogP contribution is -2.07. The highest BCUT2D eigenvalue weighted by Gasteiger charge is 2.17. The van der Waals surface area contributed by atoms with Crippen LogP contribution in [0.4, 0.5) is 11.5 Å². The van der Waals surface area contributed by atoms with Crippen LogP contribution in [0.15, 0.2) is 12.3 Å². The molecule has 7 heteroatoms. The van der Waals surface area contributed by atoms with Crippen molar-refractivity contribution in [2.75, 3.05) is 12.3 Å². The molecule has 1 aromatic heterocycles. The van der Waals surface area contributed by atoms with E-state index in [-0.39, 0.29) is 17.9 Å². The number of carbonyl (C=O) groups excluding carboxylic acids is 1. The van der Waals surface area contributed by atoms with Gasteiger partial charge >= 0.3 is 11.8 Å². The summed E-state index contributed by atoms with van der Waals surface area (Å²) in [6.45, 7) is 1.87. The molecule has 0 unspecified atom stereocenters. The molecule has 7 nitrogen and oxygen atoms in total. The number of esters is 1. The van der Waals surface area contributed by atoms with Gasteiger partial charge in [0.2, 0.25) is 0 Å². The first-order valence-corrected chi connectivity index (χ1v) is 4.13. The maximum atomic E-state index is 11.2. The lowest BCUT2D eigenvalue weighted by atomic mass is 10.2. The highest BCUT2D eigenvalue weighted by molar-refractivity contribution is 5.90. The number of hydrogen-bond donors (Lipinski definition) is 1. The third kappa shape index (κ3) is 2.39. The van der Waals surface area contributed by atoms with Gasteiger partial charge < -0.3 is 20.6 Å². The number of carbonyl (C=O) groups is 1. The second kappa shape index (κ2) is 4.36. The number of anilines is 1. The normalized spacial score (nSPS) is 9.67. The predicted molar refractivity (Wildman–Crippen MR) is 51.3 cm³/mol. The fourth-order valence-corrected chi connectivity index (χ4v) is 0.953. The summed E-state index contributed by atoms with van der Waals surface area (Å²) in [5, 5.41) is 10.4. The van der Waals surface area contributed by atoms with Crippen LogP contribution in [-0.2, 0) is 4.74 Å². The molecule has 1 heterocycles. The molecule has 2 N–H and O–H groups in total. The summed E-state index contributed by atoms with van der Waals surface area (Å²) in [6.07, 6.45) is 1.06. The Morgan fingerprint density at radius 3 is 2.87 bits per heavy atom. The zero-order valence-corrected chi connectivity index (χ0v) is 7.97. The monoisotopic (exact) mass is 211 g/mol. The molecule has 0 radical (unpaired) electrons. The second-order valence-corrected chi connectivity index (χ2v) is 2.61. The first-order valence-electron chi connectivity index (χ1n) is 4.13. The van der Waals surface area contributed by atoms with Gasteiger partial charge in [-0.05, 0) is 22.9 Å². The third-order valence-corrected chi connectivity index (χ3v) is 1.58. The molecule has 0 saturated carbocycles. The summed E-state index contributed by atoms with van der Waals surface area (Å²) in [5.41, 5.74) is 5.28. The van der Waals surface area contributed by atoms with Gasteiger partial charge in [-0.1, -0.05) is 0 Å². The molecular weight excluding hydrogens is 202 g/mol. The van der Waals surface area contributed by atoms with Crippen molar-refractivity contribution in [2.24, 2.45) is 0 Å². The van der Waals surface area contributed by atoms with E-state index < -0.39 is 16.7 Å². The van der Waals surface area contributed by atoms with E-state index in [9.17, 15) is 14.9 Å². The van der Waals surface area contributed by atoms with Gasteiger partial charge in [0, 0.05) is 0 Å². The lowest BCUT2D eigenvalue weighted by Gasteiger charge is -2.01. The smallest absolute Gasteiger partial charge is 0.386 e. The quantitative estimate of drug-likeness (QED) is 0.449. The second-order valence-electron chi connectivity index (χ2n) is 2.61. The predicted octanol–water partition coefficient (Wildman–Crippen LogP) is 0.749. The van der Waals surface area contributed by atoms with Gasteiger partial charge in [-0.25, -0.2) is 4.79 Å². The van der Waals surface area contributed by atoms with Crippen LogP contribution >= 0.6 is 0 Å². The van der Waals surface area contributed by atoms with Crippen molar-refractivity contribution in [3.8, 4) is 0 Å². The van der Waals surface area contributed by atoms with E-state index in [0.29, 0.717) is 0 Å². The van der Waals surface area contributed by atoms with Crippen molar-refractivity contribution in [1.29, 1.82) is 0 Å². The summed E-state index contributed by atoms with van der Waals surface area (Å²) < 4.78 is 4.68. The number of nitrogens with zero attached hydrogens (tertiary/aromatic N) is 2. The molecule has 0 aromatic carbocycles. The standard InChI is InChI=1S/C8H9N3O4/c1-2-15-8(12)5-3-6(9)7(10-4-5)11(13)14/h3-4H,2,9H2,1H3. The zero-order valence-electron chi connectivity index (χ0n) is 7.97. The highest BCUT2D eigenvalue weighted by Crippen LogP contribution is 2.18. The van der Waals surface area contributed by atoms with Crippen LogP contribution in [0.5, 0.6) is 0 Å². The molecule has 1 rings (SSSR count). The van der Waals surface area contributed by atoms with Gasteiger partial charge in [-0.2, -0.15) is 0 Å². The van der Waals surface area contributed by atoms with Gasteiger partial charge in [-0.15, -0.1) is 0 Å². The summed E-state index contributed by atoms with van der Waals surface area (Å²) in [7, 11) is 0. The highest BCUT2D eigenvalue weighted by atomic mass is 16.6. The Bertz CT molecular complexity index is 405. The number of ether oxygens (including phenoxy) is 1. The van der Waals surface area contributed by atoms with Crippen molar-refractivity contribution in [2.45, 2.75) is 6.92 Å². The number of nitro groups is 1. The van der Waals surface area contributed by atoms with Crippen molar-refractivity contribution >= 4 is 17.5 Å². The molecule has 0 aliphatic rings. The Morgan fingerprint density at radius 2 is 2.40 bits per heavy atom. The Hall–Kier alpha value is -2.18. The summed E-state index contributed by atoms with van der Waals surface area (Å²) in [6, 6.07) is 1.17. The average Bonchev–Trinajstić information content (AvgIpc) is 2.17. The molecule has 0 spiro atoms. The third-order valence-electron chi connectivity index (χ3n) is 1.58. The SMILES string of the molecule is CCOC(=O)c1cnc([N+](=O)[O-])c(N)c1. The Labute approximate surface area is 85.0 Å². The number of aromatic nitrogens is 1. The van der Waals surface area contributed by atoms with Crippen molar-refractivity contribution < 1.29 is 14.5 Å². The summed E-state index contributed by atoms with van der Waals surface area (Å²) >= 11 is 0. The molecule has 0 amide bonds. The number of nitrogen functional groups attached to an aromatic ring is 1. The first-order chi connectivity index (χ1) is 7.06. The summed E-state index contributed by atoms with van der Waals surface area (Å²) in [5.74, 6) is -1.07. The van der Waals surface area contributed by atoms with Crippen LogP contribution in [0.25, 0.3) is 0 Å². The molecule has 15 heavy (non-hydrogen) atoms. The van der Waals surface area contributed by atoms with E-state index in [4.69, 9.17) is 5.73 Å². The Kier molecular flexibility index (Phi) is 3.17. The van der Waals surface area contributed by atoms with Gasteiger partial charge in [0.1, 0.15) is 11.3 Å². The van der Waals surface area contributed by atoms with Crippen LogP contribution in [0, 0.1) is 10.1 Å². The van der Waals surface area contributed by atoms with Crippen molar-refractivity contribution in [3.63, 3.8) is 0 Å². The first kappa shape index (κ1) is 10.9. The number of rotatable bonds is 3. The maximum Gasteiger partial charge on any atom is 0.386 e. The van der Waals surface area contributed by atoms with Crippen LogP contribution in [0.1, 0.15) is 17.3 Å². The molecule has 0 aliphatic heterocycles. The van der Waals surface area contributed by atoms with Gasteiger partial charge in [0.05, 0.1) is 6.61 Å². The van der Waals surface area contributed by atoms with Gasteiger partial charge in [0.15, 0.2) is 6.20 Å². The van der Waals surface area contributed by atoms with Crippen LogP contribution in [-0.4, -0.2) is 22.5 Å². The minimum Gasteiger partial charge on any atom is -0.462 e. The Balaban J connectivity index is 3.01. The maximum absolute atomic E-state index is 11.2. The van der Waals surface area contributed by atoms with Crippen LogP contribution in [0.3, 0.4) is 0 Å². The van der Waals surface area contributed by atoms with Crippen LogP contribution < -0.4 is 5.73 Å². The minimum atomic E-state index is -0.718. The Morgan fingerprint density at radius 1 is 1.73 bits per heavy atom. The van der Waals surface area contributed by atoms with Crippen molar-refractivity contribution in [3.05, 3.63) is 27.9 Å². The zero-order chi connectivity index (χ0) is 11.4. The largest absolute Gasteiger partial charge is 0.462 e. The molecule has 80 valence electrons. The molecule has 0 atom stereocenters. The van der Waals surface area contributed by atoms with E-state index in [1.54, 1.807) is 6.92 Å². The van der Waals surface area contributed by atoms with E-state index in [0.717, 1.165) is 6.20 Å². The van der Waals surface area contributed by atoms with Gasteiger partial charge in [0.25, 0.3) is 0 Å². The molecule has 0 saturated heterocycles. The van der Waals surface area contributed by atoms with E-state index in [1.807, 2.05) is 0 Å². The van der Waals surface area contributed by atoms with Crippen molar-refractivity contribution in [1.82, 2.24) is 4.98 Å². The molecule has 1 aromatic rings. The van der Waals surface area contributed by atoms with E-state index >= 15 is 0 Å². The number of hydrogen-bond acceptors (Lipinski definition) is 6. The van der Waals surface area contributed by atoms with Crippen LogP contribution in [0.2, 0.25) is 0 Å². The fourth-order valence-electron chi connectivity index (χ4n) is 0.953. The average molecular weight is 211 g/mol. The summed E-state index contributed by atoms with van der Waals surface area (Å²) in [4.78, 5) is 24.3. The topological polar surface area (TPSA) is 108 Å². The molecular formula is C8H9N3O4. The fraction of sp³-hybridized carbons (Fsp3) is 0.250. The van der Waals surface area contributed by atoms with E-state index in [2.05, 4.69) is 9.72 Å². The molecule has 0 bridgehead atoms. The molecule has 0 fully saturated rings. The minimum absolute atomic E-state index is 0.0972. The van der Waals surface area contributed by atoms with Gasteiger partial charge in [-0.3, -0.25) is 0 Å². The number of pyridine rings is 1. The number of nitrogens with two attached hydrogens (primary N) is 1. The molecule has 0 aliphatic carbocycles.